The summed E-state index contributed by atoms with van der Waals surface area (Å²) in [6.07, 6.45) is 1.23. The molecule has 0 aliphatic carbocycles. The average Bonchev–Trinajstić information content (AvgIpc) is 2.57. The number of rotatable bonds is 4. The van der Waals surface area contributed by atoms with Crippen molar-refractivity contribution in [1.29, 1.82) is 0 Å². The number of carbonyl (C=O) groups is 1. The summed E-state index contributed by atoms with van der Waals surface area (Å²) >= 11 is 5.98. The van der Waals surface area contributed by atoms with E-state index < -0.39 is 0 Å². The summed E-state index contributed by atoms with van der Waals surface area (Å²) in [5, 5.41) is 8.15. The number of aromatic nitrogens is 2. The molecule has 1 atom stereocenters. The predicted molar refractivity (Wildman–Crippen MR) is 94.0 cm³/mol. The molecule has 0 aliphatic rings. The van der Waals surface area contributed by atoms with Crippen molar-refractivity contribution in [3.8, 4) is 0 Å². The molecule has 0 fully saturated rings. The first-order chi connectivity index (χ1) is 11.5. The molecule has 1 N–H and O–H groups in total. The van der Waals surface area contributed by atoms with E-state index in [0.29, 0.717) is 15.9 Å². The highest BCUT2D eigenvalue weighted by molar-refractivity contribution is 6.30. The first-order valence-corrected chi connectivity index (χ1v) is 7.92. The number of amides is 1. The Hall–Kier alpha value is -2.66. The molecule has 0 bridgehead atoms. The van der Waals surface area contributed by atoms with Gasteiger partial charge < -0.3 is 5.32 Å². The van der Waals surface area contributed by atoms with Crippen molar-refractivity contribution in [3.63, 3.8) is 0 Å². The third-order valence-corrected chi connectivity index (χ3v) is 4.02. The van der Waals surface area contributed by atoms with Crippen LogP contribution in [0.25, 0.3) is 10.9 Å². The Morgan fingerprint density at radius 2 is 2.04 bits per heavy atom. The molecule has 5 nitrogen and oxygen atoms in total. The molecular formula is C18H16ClN3O2. The third-order valence-electron chi connectivity index (χ3n) is 3.78. The molecule has 0 spiro atoms. The van der Waals surface area contributed by atoms with Crippen molar-refractivity contribution in [1.82, 2.24) is 15.1 Å². The molecular weight excluding hydrogens is 326 g/mol. The van der Waals surface area contributed by atoms with Crippen molar-refractivity contribution in [2.45, 2.75) is 19.5 Å². The Balaban J connectivity index is 1.78. The molecule has 1 heterocycles. The average molecular weight is 342 g/mol. The van der Waals surface area contributed by atoms with E-state index in [1.54, 1.807) is 24.3 Å². The molecule has 0 saturated heterocycles. The normalized spacial score (nSPS) is 12.1. The van der Waals surface area contributed by atoms with Crippen molar-refractivity contribution in [3.05, 3.63) is 75.5 Å². The number of nitrogens with zero attached hydrogens (tertiary/aromatic N) is 2. The van der Waals surface area contributed by atoms with Crippen LogP contribution in [0.1, 0.15) is 18.5 Å². The number of para-hydroxylation sites is 1. The summed E-state index contributed by atoms with van der Waals surface area (Å²) in [4.78, 5) is 24.1. The number of hydrogen-bond acceptors (Lipinski definition) is 3. The van der Waals surface area contributed by atoms with Crippen LogP contribution >= 0.6 is 11.6 Å². The lowest BCUT2D eigenvalue weighted by Crippen LogP contribution is -2.31. The maximum atomic E-state index is 12.3. The molecule has 24 heavy (non-hydrogen) atoms. The number of fused-ring (bicyclic) bond motifs is 1. The Morgan fingerprint density at radius 1 is 1.25 bits per heavy atom. The van der Waals surface area contributed by atoms with Gasteiger partial charge in [0.1, 0.15) is 6.54 Å². The molecule has 1 aromatic heterocycles. The van der Waals surface area contributed by atoms with Crippen LogP contribution in [0.4, 0.5) is 0 Å². The number of nitrogens with one attached hydrogen (secondary N) is 1. The summed E-state index contributed by atoms with van der Waals surface area (Å²) in [6.45, 7) is 1.92. The lowest BCUT2D eigenvalue weighted by Gasteiger charge is -2.15. The number of halogens is 1. The fraction of sp³-hybridized carbons (Fsp3) is 0.167. The maximum absolute atomic E-state index is 12.3. The molecule has 122 valence electrons. The van der Waals surface area contributed by atoms with Crippen molar-refractivity contribution in [2.75, 3.05) is 0 Å². The third kappa shape index (κ3) is 3.46. The molecule has 0 unspecified atom stereocenters. The van der Waals surface area contributed by atoms with Crippen molar-refractivity contribution >= 4 is 28.4 Å². The van der Waals surface area contributed by atoms with Gasteiger partial charge in [0, 0.05) is 10.4 Å². The molecule has 0 saturated carbocycles. The van der Waals surface area contributed by atoms with Crippen LogP contribution in [0, 0.1) is 0 Å². The van der Waals surface area contributed by atoms with Gasteiger partial charge >= 0.3 is 0 Å². The molecule has 1 amide bonds. The van der Waals surface area contributed by atoms with E-state index in [1.807, 2.05) is 31.2 Å². The minimum Gasteiger partial charge on any atom is -0.348 e. The van der Waals surface area contributed by atoms with Gasteiger partial charge in [0.15, 0.2) is 0 Å². The molecule has 0 aliphatic heterocycles. The SMILES string of the molecule is C[C@@H](NC(=O)Cn1ncc(=O)c2ccccc21)c1cccc(Cl)c1. The van der Waals surface area contributed by atoms with E-state index in [1.165, 1.54) is 10.9 Å². The van der Waals surface area contributed by atoms with E-state index in [-0.39, 0.29) is 23.9 Å². The van der Waals surface area contributed by atoms with Crippen LogP contribution in [0.5, 0.6) is 0 Å². The lowest BCUT2D eigenvalue weighted by molar-refractivity contribution is -0.122. The highest BCUT2D eigenvalue weighted by Crippen LogP contribution is 2.17. The molecule has 3 rings (SSSR count). The highest BCUT2D eigenvalue weighted by Gasteiger charge is 2.12. The van der Waals surface area contributed by atoms with Crippen LogP contribution in [-0.2, 0) is 11.3 Å². The van der Waals surface area contributed by atoms with Gasteiger partial charge in [0.05, 0.1) is 17.8 Å². The van der Waals surface area contributed by atoms with Gasteiger partial charge in [-0.15, -0.1) is 0 Å². The van der Waals surface area contributed by atoms with Gasteiger partial charge in [-0.1, -0.05) is 35.9 Å². The minimum absolute atomic E-state index is 0.0334. The van der Waals surface area contributed by atoms with Crippen LogP contribution in [0.15, 0.2) is 59.5 Å². The number of hydrogen-bond donors (Lipinski definition) is 1. The van der Waals surface area contributed by atoms with Crippen LogP contribution in [-0.4, -0.2) is 15.7 Å². The van der Waals surface area contributed by atoms with Gasteiger partial charge in [-0.3, -0.25) is 14.3 Å². The summed E-state index contributed by atoms with van der Waals surface area (Å²) in [6, 6.07) is 14.3. The Morgan fingerprint density at radius 3 is 2.83 bits per heavy atom. The van der Waals surface area contributed by atoms with Crippen molar-refractivity contribution in [2.24, 2.45) is 0 Å². The first-order valence-electron chi connectivity index (χ1n) is 7.54. The largest absolute Gasteiger partial charge is 0.348 e. The zero-order chi connectivity index (χ0) is 17.1. The maximum Gasteiger partial charge on any atom is 0.242 e. The molecule has 3 aromatic rings. The number of carbonyl (C=O) groups excluding carboxylic acids is 1. The van der Waals surface area contributed by atoms with E-state index in [0.717, 1.165) is 5.56 Å². The second-order valence-electron chi connectivity index (χ2n) is 5.53. The highest BCUT2D eigenvalue weighted by atomic mass is 35.5. The predicted octanol–water partition coefficient (Wildman–Crippen LogP) is 2.93. The smallest absolute Gasteiger partial charge is 0.242 e. The Labute approximate surface area is 143 Å². The fourth-order valence-electron chi connectivity index (χ4n) is 2.57. The van der Waals surface area contributed by atoms with Crippen molar-refractivity contribution < 1.29 is 4.79 Å². The topological polar surface area (TPSA) is 64.0 Å². The van der Waals surface area contributed by atoms with Crippen LogP contribution < -0.4 is 10.7 Å². The quantitative estimate of drug-likeness (QED) is 0.793. The first kappa shape index (κ1) is 16.2. The molecule has 2 aromatic carbocycles. The Kier molecular flexibility index (Phi) is 4.62. The molecule has 6 heteroatoms. The van der Waals surface area contributed by atoms with Gasteiger partial charge in [-0.05, 0) is 36.8 Å². The second kappa shape index (κ2) is 6.84. The van der Waals surface area contributed by atoms with E-state index in [2.05, 4.69) is 10.4 Å². The lowest BCUT2D eigenvalue weighted by atomic mass is 10.1. The standard InChI is InChI=1S/C18H16ClN3O2/c1-12(13-5-4-6-14(19)9-13)21-18(24)11-22-16-8-3-2-7-15(16)17(23)10-20-22/h2-10,12H,11H2,1H3,(H,21,24)/t12-/m1/s1. The zero-order valence-corrected chi connectivity index (χ0v) is 13.8. The second-order valence-corrected chi connectivity index (χ2v) is 5.96. The van der Waals surface area contributed by atoms with E-state index in [4.69, 9.17) is 11.6 Å². The molecule has 0 radical (unpaired) electrons. The van der Waals surface area contributed by atoms with Crippen LogP contribution in [0.2, 0.25) is 5.02 Å². The van der Waals surface area contributed by atoms with Crippen LogP contribution in [0.3, 0.4) is 0 Å². The monoisotopic (exact) mass is 341 g/mol. The Bertz CT molecular complexity index is 952. The summed E-state index contributed by atoms with van der Waals surface area (Å²) < 4.78 is 1.52. The summed E-state index contributed by atoms with van der Waals surface area (Å²) in [5.74, 6) is -0.191. The van der Waals surface area contributed by atoms with Gasteiger partial charge in [0.25, 0.3) is 0 Å². The van der Waals surface area contributed by atoms with Gasteiger partial charge in [-0.2, -0.15) is 5.10 Å². The number of benzene rings is 2. The van der Waals surface area contributed by atoms with E-state index in [9.17, 15) is 9.59 Å². The zero-order valence-electron chi connectivity index (χ0n) is 13.1. The fourth-order valence-corrected chi connectivity index (χ4v) is 2.77. The summed E-state index contributed by atoms with van der Waals surface area (Å²) in [7, 11) is 0. The van der Waals surface area contributed by atoms with Gasteiger partial charge in [0.2, 0.25) is 11.3 Å². The van der Waals surface area contributed by atoms with Gasteiger partial charge in [-0.25, -0.2) is 0 Å². The van der Waals surface area contributed by atoms with E-state index >= 15 is 0 Å². The minimum atomic E-state index is -0.191. The summed E-state index contributed by atoms with van der Waals surface area (Å²) in [5.41, 5.74) is 1.40.